The molecule has 0 aliphatic carbocycles. The highest BCUT2D eigenvalue weighted by Crippen LogP contribution is 2.31. The Kier molecular flexibility index (Phi) is 3.84. The van der Waals surface area contributed by atoms with Crippen LogP contribution in [0.1, 0.15) is 38.3 Å². The second kappa shape index (κ2) is 5.59. The van der Waals surface area contributed by atoms with E-state index in [9.17, 15) is 4.79 Å². The molecule has 3 heterocycles. The summed E-state index contributed by atoms with van der Waals surface area (Å²) < 4.78 is 0. The molecule has 0 radical (unpaired) electrons. The highest BCUT2D eigenvalue weighted by atomic mass is 32.1. The molecule has 1 amide bonds. The largest absolute Gasteiger partial charge is 0.338 e. The molecule has 2 atom stereocenters. The van der Waals surface area contributed by atoms with Crippen molar-refractivity contribution < 1.29 is 4.79 Å². The Labute approximate surface area is 118 Å². The fraction of sp³-hybridized carbons (Fsp3) is 0.714. The molecule has 2 saturated heterocycles. The Morgan fingerprint density at radius 1 is 1.37 bits per heavy atom. The molecule has 4 nitrogen and oxygen atoms in total. The van der Waals surface area contributed by atoms with Gasteiger partial charge in [0.1, 0.15) is 0 Å². The van der Waals surface area contributed by atoms with Crippen LogP contribution in [0.15, 0.2) is 10.9 Å². The highest BCUT2D eigenvalue weighted by molar-refractivity contribution is 7.07. The van der Waals surface area contributed by atoms with Gasteiger partial charge in [0.05, 0.1) is 11.2 Å². The minimum Gasteiger partial charge on any atom is -0.338 e. The summed E-state index contributed by atoms with van der Waals surface area (Å²) in [4.78, 5) is 20.7. The van der Waals surface area contributed by atoms with Crippen LogP contribution in [-0.2, 0) is 11.3 Å². The lowest BCUT2D eigenvalue weighted by atomic mass is 10.0. The van der Waals surface area contributed by atoms with E-state index in [1.807, 2.05) is 5.51 Å². The van der Waals surface area contributed by atoms with E-state index in [-0.39, 0.29) is 5.91 Å². The number of rotatable bonds is 3. The van der Waals surface area contributed by atoms with Crippen LogP contribution in [-0.4, -0.2) is 45.9 Å². The van der Waals surface area contributed by atoms with E-state index >= 15 is 0 Å². The van der Waals surface area contributed by atoms with Crippen LogP contribution in [0.5, 0.6) is 0 Å². The van der Waals surface area contributed by atoms with Crippen molar-refractivity contribution in [3.63, 3.8) is 0 Å². The number of carbonyl (C=O) groups excluding carboxylic acids is 1. The molecule has 3 rings (SSSR count). The number of hydrogen-bond donors (Lipinski definition) is 0. The van der Waals surface area contributed by atoms with Crippen molar-refractivity contribution in [2.24, 2.45) is 0 Å². The molecule has 0 spiro atoms. The molecule has 0 aromatic carbocycles. The predicted molar refractivity (Wildman–Crippen MR) is 76.0 cm³/mol. The van der Waals surface area contributed by atoms with Crippen LogP contribution in [0.2, 0.25) is 0 Å². The van der Waals surface area contributed by atoms with Gasteiger partial charge in [0.25, 0.3) is 0 Å². The number of hydrogen-bond acceptors (Lipinski definition) is 4. The minimum absolute atomic E-state index is 0.239. The first-order valence-corrected chi connectivity index (χ1v) is 8.08. The molecule has 2 aliphatic rings. The van der Waals surface area contributed by atoms with Gasteiger partial charge >= 0.3 is 0 Å². The summed E-state index contributed by atoms with van der Waals surface area (Å²) in [6.45, 7) is 4.74. The van der Waals surface area contributed by atoms with Crippen molar-refractivity contribution in [3.05, 3.63) is 16.6 Å². The van der Waals surface area contributed by atoms with E-state index in [1.165, 1.54) is 18.5 Å². The zero-order valence-corrected chi connectivity index (χ0v) is 12.2. The Morgan fingerprint density at radius 2 is 2.16 bits per heavy atom. The standard InChI is InChI=1S/C14H21N3OS/c1-11(18)17-7-3-5-14(17)13-4-2-6-16(13)8-12-9-19-10-15-12/h9-10,13-14H,2-8H2,1H3/t13-,14+/m1/s1. The number of nitrogens with zero attached hydrogens (tertiary/aromatic N) is 3. The third kappa shape index (κ3) is 2.67. The molecule has 0 saturated carbocycles. The van der Waals surface area contributed by atoms with Crippen molar-refractivity contribution in [1.29, 1.82) is 0 Å². The van der Waals surface area contributed by atoms with Crippen LogP contribution < -0.4 is 0 Å². The highest BCUT2D eigenvalue weighted by Gasteiger charge is 2.38. The third-order valence-corrected chi connectivity index (χ3v) is 5.05. The summed E-state index contributed by atoms with van der Waals surface area (Å²) >= 11 is 1.66. The Hall–Kier alpha value is -0.940. The SMILES string of the molecule is CC(=O)N1CCC[C@H]1[C@H]1CCCN1Cc1cscn1. The topological polar surface area (TPSA) is 36.4 Å². The third-order valence-electron chi connectivity index (χ3n) is 4.41. The Morgan fingerprint density at radius 3 is 2.89 bits per heavy atom. The van der Waals surface area contributed by atoms with Crippen LogP contribution in [0.3, 0.4) is 0 Å². The summed E-state index contributed by atoms with van der Waals surface area (Å²) in [5.74, 6) is 0.239. The van der Waals surface area contributed by atoms with Crippen molar-refractivity contribution in [2.75, 3.05) is 13.1 Å². The van der Waals surface area contributed by atoms with Crippen molar-refractivity contribution in [3.8, 4) is 0 Å². The second-order valence-corrected chi connectivity index (χ2v) is 6.30. The lowest BCUT2D eigenvalue weighted by Gasteiger charge is -2.34. The van der Waals surface area contributed by atoms with Gasteiger partial charge in [-0.3, -0.25) is 9.69 Å². The molecule has 2 fully saturated rings. The molecule has 104 valence electrons. The van der Waals surface area contributed by atoms with E-state index < -0.39 is 0 Å². The van der Waals surface area contributed by atoms with Crippen LogP contribution in [0, 0.1) is 0 Å². The first kappa shape index (κ1) is 13.1. The van der Waals surface area contributed by atoms with Crippen LogP contribution in [0.25, 0.3) is 0 Å². The molecular formula is C14H21N3OS. The van der Waals surface area contributed by atoms with Gasteiger partial charge < -0.3 is 4.90 Å². The summed E-state index contributed by atoms with van der Waals surface area (Å²) in [6, 6.07) is 0.965. The summed E-state index contributed by atoms with van der Waals surface area (Å²) in [5, 5.41) is 2.13. The first-order valence-electron chi connectivity index (χ1n) is 7.14. The van der Waals surface area contributed by atoms with Gasteiger partial charge in [0.15, 0.2) is 0 Å². The predicted octanol–water partition coefficient (Wildman–Crippen LogP) is 2.12. The van der Waals surface area contributed by atoms with Crippen molar-refractivity contribution >= 4 is 17.2 Å². The zero-order valence-electron chi connectivity index (χ0n) is 11.4. The van der Waals surface area contributed by atoms with E-state index in [1.54, 1.807) is 18.3 Å². The number of amides is 1. The molecule has 19 heavy (non-hydrogen) atoms. The fourth-order valence-corrected chi connectivity index (χ4v) is 4.14. The van der Waals surface area contributed by atoms with E-state index in [4.69, 9.17) is 0 Å². The second-order valence-electron chi connectivity index (χ2n) is 5.58. The molecule has 5 heteroatoms. The molecule has 0 N–H and O–H groups in total. The fourth-order valence-electron chi connectivity index (χ4n) is 3.59. The average Bonchev–Trinajstić information content (AvgIpc) is 3.08. The monoisotopic (exact) mass is 279 g/mol. The van der Waals surface area contributed by atoms with E-state index in [2.05, 4.69) is 20.2 Å². The smallest absolute Gasteiger partial charge is 0.219 e. The lowest BCUT2D eigenvalue weighted by Crippen LogP contribution is -2.47. The number of likely N-dealkylation sites (tertiary alicyclic amines) is 2. The molecule has 1 aromatic rings. The van der Waals surface area contributed by atoms with Crippen molar-refractivity contribution in [2.45, 2.75) is 51.2 Å². The lowest BCUT2D eigenvalue weighted by molar-refractivity contribution is -0.130. The van der Waals surface area contributed by atoms with Gasteiger partial charge in [-0.2, -0.15) is 0 Å². The van der Waals surface area contributed by atoms with Gasteiger partial charge in [-0.05, 0) is 32.2 Å². The maximum absolute atomic E-state index is 11.7. The van der Waals surface area contributed by atoms with Crippen LogP contribution >= 0.6 is 11.3 Å². The molecule has 0 bridgehead atoms. The molecule has 2 aliphatic heterocycles. The Bertz CT molecular complexity index is 434. The number of carbonyl (C=O) groups is 1. The van der Waals surface area contributed by atoms with E-state index in [0.717, 1.165) is 32.5 Å². The first-order chi connectivity index (χ1) is 9.25. The molecule has 0 unspecified atom stereocenters. The van der Waals surface area contributed by atoms with Gasteiger partial charge in [0, 0.05) is 37.5 Å². The molecular weight excluding hydrogens is 258 g/mol. The van der Waals surface area contributed by atoms with Gasteiger partial charge in [-0.25, -0.2) is 4.98 Å². The minimum atomic E-state index is 0.239. The van der Waals surface area contributed by atoms with Gasteiger partial charge in [-0.1, -0.05) is 0 Å². The quantitative estimate of drug-likeness (QED) is 0.850. The summed E-state index contributed by atoms with van der Waals surface area (Å²) in [6.07, 6.45) is 4.79. The summed E-state index contributed by atoms with van der Waals surface area (Å²) in [5.41, 5.74) is 3.07. The van der Waals surface area contributed by atoms with Crippen LogP contribution in [0.4, 0.5) is 0 Å². The number of aromatic nitrogens is 1. The summed E-state index contributed by atoms with van der Waals surface area (Å²) in [7, 11) is 0. The zero-order chi connectivity index (χ0) is 13.2. The van der Waals surface area contributed by atoms with Gasteiger partial charge in [0.2, 0.25) is 5.91 Å². The van der Waals surface area contributed by atoms with Gasteiger partial charge in [-0.15, -0.1) is 11.3 Å². The molecule has 1 aromatic heterocycles. The number of thiazole rings is 1. The van der Waals surface area contributed by atoms with Crippen molar-refractivity contribution in [1.82, 2.24) is 14.8 Å². The Balaban J connectivity index is 1.70. The van der Waals surface area contributed by atoms with E-state index in [0.29, 0.717) is 12.1 Å². The maximum atomic E-state index is 11.7. The maximum Gasteiger partial charge on any atom is 0.219 e. The average molecular weight is 279 g/mol. The normalized spacial score (nSPS) is 28.2.